The largest absolute Gasteiger partial charge is 0.385 e. The summed E-state index contributed by atoms with van der Waals surface area (Å²) in [5.74, 6) is -0.214. The zero-order chi connectivity index (χ0) is 18.5. The highest BCUT2D eigenvalue weighted by Crippen LogP contribution is 2.20. The summed E-state index contributed by atoms with van der Waals surface area (Å²) in [5.41, 5.74) is 2.58. The maximum absolute atomic E-state index is 12.1. The summed E-state index contributed by atoms with van der Waals surface area (Å²) in [7, 11) is 1.83. The summed E-state index contributed by atoms with van der Waals surface area (Å²) in [5, 5.41) is 13.3. The van der Waals surface area contributed by atoms with Crippen molar-refractivity contribution in [1.82, 2.24) is 15.1 Å². The molecule has 1 atom stereocenters. The van der Waals surface area contributed by atoms with E-state index < -0.39 is 0 Å². The van der Waals surface area contributed by atoms with Crippen LogP contribution in [0.4, 0.5) is 0 Å². The Morgan fingerprint density at radius 1 is 1.27 bits per heavy atom. The van der Waals surface area contributed by atoms with E-state index in [1.54, 1.807) is 10.9 Å². The average molecular weight is 350 g/mol. The molecule has 134 valence electrons. The van der Waals surface area contributed by atoms with E-state index in [4.69, 9.17) is 4.84 Å². The Bertz CT molecular complexity index is 946. The maximum atomic E-state index is 12.1. The van der Waals surface area contributed by atoms with Gasteiger partial charge in [-0.15, -0.1) is 0 Å². The number of nitrogens with one attached hydrogen (secondary N) is 1. The summed E-state index contributed by atoms with van der Waals surface area (Å²) in [6.07, 6.45) is 3.54. The molecule has 0 aliphatic heterocycles. The number of rotatable bonds is 6. The maximum Gasteiger partial charge on any atom is 0.261 e. The van der Waals surface area contributed by atoms with Crippen LogP contribution >= 0.6 is 0 Å². The lowest BCUT2D eigenvalue weighted by Gasteiger charge is -2.14. The summed E-state index contributed by atoms with van der Waals surface area (Å²) < 4.78 is 1.69. The molecule has 2 aromatic carbocycles. The Morgan fingerprint density at radius 2 is 2.04 bits per heavy atom. The van der Waals surface area contributed by atoms with Crippen molar-refractivity contribution in [1.29, 1.82) is 0 Å². The van der Waals surface area contributed by atoms with Crippen molar-refractivity contribution >= 4 is 22.4 Å². The van der Waals surface area contributed by atoms with Crippen LogP contribution in [0.3, 0.4) is 0 Å². The molecule has 0 spiro atoms. The first-order valence-electron chi connectivity index (χ1n) is 8.46. The van der Waals surface area contributed by atoms with Crippen LogP contribution in [-0.4, -0.2) is 28.0 Å². The van der Waals surface area contributed by atoms with Crippen molar-refractivity contribution in [3.8, 4) is 0 Å². The fourth-order valence-electron chi connectivity index (χ4n) is 2.69. The first kappa shape index (κ1) is 17.7. The molecule has 1 N–H and O–H groups in total. The van der Waals surface area contributed by atoms with E-state index >= 15 is 0 Å². The molecule has 3 rings (SSSR count). The van der Waals surface area contributed by atoms with Gasteiger partial charge in [0.2, 0.25) is 0 Å². The quantitative estimate of drug-likeness (QED) is 0.548. The molecule has 6 heteroatoms. The monoisotopic (exact) mass is 350 g/mol. The standard InChI is InChI=1S/C20H22N4O2/c1-14(17-9-8-16-6-4-5-7-18(16)10-17)22-20(25)13-26-23-15(2)19-11-21-24(3)12-19/h4-12,14H,13H2,1-3H3,(H,22,25)/b23-15-. The molecule has 0 saturated carbocycles. The van der Waals surface area contributed by atoms with E-state index in [0.29, 0.717) is 5.71 Å². The van der Waals surface area contributed by atoms with Gasteiger partial charge in [0.05, 0.1) is 18.0 Å². The second-order valence-electron chi connectivity index (χ2n) is 6.25. The number of oxime groups is 1. The molecule has 1 amide bonds. The Labute approximate surface area is 152 Å². The Hall–Kier alpha value is -3.15. The molecule has 0 fully saturated rings. The van der Waals surface area contributed by atoms with E-state index in [0.717, 1.165) is 16.5 Å². The number of aromatic nitrogens is 2. The van der Waals surface area contributed by atoms with Gasteiger partial charge < -0.3 is 10.2 Å². The zero-order valence-electron chi connectivity index (χ0n) is 15.1. The van der Waals surface area contributed by atoms with Crippen LogP contribution in [0.25, 0.3) is 10.8 Å². The molecule has 26 heavy (non-hydrogen) atoms. The van der Waals surface area contributed by atoms with Crippen LogP contribution in [0.5, 0.6) is 0 Å². The highest BCUT2D eigenvalue weighted by atomic mass is 16.6. The minimum atomic E-state index is -0.214. The van der Waals surface area contributed by atoms with Crippen molar-refractivity contribution in [2.45, 2.75) is 19.9 Å². The van der Waals surface area contributed by atoms with E-state index in [9.17, 15) is 4.79 Å². The second-order valence-corrected chi connectivity index (χ2v) is 6.25. The number of carbonyl (C=O) groups excluding carboxylic acids is 1. The molecular formula is C20H22N4O2. The molecule has 0 radical (unpaired) electrons. The van der Waals surface area contributed by atoms with Gasteiger partial charge in [0, 0.05) is 18.8 Å². The second kappa shape index (κ2) is 7.82. The van der Waals surface area contributed by atoms with Crippen molar-refractivity contribution in [2.24, 2.45) is 12.2 Å². The smallest absolute Gasteiger partial charge is 0.261 e. The lowest BCUT2D eigenvalue weighted by Crippen LogP contribution is -2.29. The predicted molar refractivity (Wildman–Crippen MR) is 102 cm³/mol. The topological polar surface area (TPSA) is 68.5 Å². The predicted octanol–water partition coefficient (Wildman–Crippen LogP) is 3.19. The molecular weight excluding hydrogens is 328 g/mol. The summed E-state index contributed by atoms with van der Waals surface area (Å²) in [6, 6.07) is 14.2. The van der Waals surface area contributed by atoms with Crippen LogP contribution in [-0.2, 0) is 16.7 Å². The van der Waals surface area contributed by atoms with Crippen LogP contribution in [0.2, 0.25) is 0 Å². The highest BCUT2D eigenvalue weighted by Gasteiger charge is 2.11. The molecule has 6 nitrogen and oxygen atoms in total. The van der Waals surface area contributed by atoms with Gasteiger partial charge in [0.25, 0.3) is 5.91 Å². The molecule has 1 heterocycles. The molecule has 1 unspecified atom stereocenters. The number of nitrogens with zero attached hydrogens (tertiary/aromatic N) is 3. The summed E-state index contributed by atoms with van der Waals surface area (Å²) in [4.78, 5) is 17.3. The number of benzene rings is 2. The fraction of sp³-hybridized carbons (Fsp3) is 0.250. The third-order valence-corrected chi connectivity index (χ3v) is 4.17. The van der Waals surface area contributed by atoms with Crippen molar-refractivity contribution < 1.29 is 9.63 Å². The van der Waals surface area contributed by atoms with Crippen molar-refractivity contribution in [3.05, 3.63) is 66.0 Å². The molecule has 0 bridgehead atoms. The van der Waals surface area contributed by atoms with Gasteiger partial charge in [-0.05, 0) is 36.2 Å². The van der Waals surface area contributed by atoms with E-state index in [2.05, 4.69) is 39.8 Å². The summed E-state index contributed by atoms with van der Waals surface area (Å²) in [6.45, 7) is 3.63. The van der Waals surface area contributed by atoms with Gasteiger partial charge in [-0.2, -0.15) is 5.10 Å². The molecule has 1 aromatic heterocycles. The Kier molecular flexibility index (Phi) is 5.31. The number of aryl methyl sites for hydroxylation is 1. The van der Waals surface area contributed by atoms with Crippen molar-refractivity contribution in [2.75, 3.05) is 6.61 Å². The van der Waals surface area contributed by atoms with Gasteiger partial charge in [-0.25, -0.2) is 0 Å². The number of hydrogen-bond donors (Lipinski definition) is 1. The first-order chi connectivity index (χ1) is 12.5. The minimum absolute atomic E-state index is 0.112. The molecule has 3 aromatic rings. The van der Waals surface area contributed by atoms with E-state index in [-0.39, 0.29) is 18.6 Å². The number of hydrogen-bond acceptors (Lipinski definition) is 4. The molecule has 0 saturated heterocycles. The van der Waals surface area contributed by atoms with Crippen LogP contribution in [0.15, 0.2) is 60.0 Å². The lowest BCUT2D eigenvalue weighted by atomic mass is 10.0. The number of fused-ring (bicyclic) bond motifs is 1. The number of amides is 1. The number of carbonyl (C=O) groups is 1. The normalized spacial score (nSPS) is 12.8. The van der Waals surface area contributed by atoms with Gasteiger partial charge in [-0.3, -0.25) is 9.48 Å². The van der Waals surface area contributed by atoms with Crippen LogP contribution in [0, 0.1) is 0 Å². The minimum Gasteiger partial charge on any atom is -0.385 e. The zero-order valence-corrected chi connectivity index (χ0v) is 15.1. The molecule has 0 aliphatic rings. The highest BCUT2D eigenvalue weighted by molar-refractivity contribution is 5.97. The Morgan fingerprint density at radius 3 is 2.77 bits per heavy atom. The lowest BCUT2D eigenvalue weighted by molar-refractivity contribution is -0.126. The van der Waals surface area contributed by atoms with Crippen molar-refractivity contribution in [3.63, 3.8) is 0 Å². The Balaban J connectivity index is 1.55. The summed E-state index contributed by atoms with van der Waals surface area (Å²) >= 11 is 0. The van der Waals surface area contributed by atoms with Gasteiger partial charge >= 0.3 is 0 Å². The fourth-order valence-corrected chi connectivity index (χ4v) is 2.69. The average Bonchev–Trinajstić information content (AvgIpc) is 3.07. The first-order valence-corrected chi connectivity index (χ1v) is 8.46. The van der Waals surface area contributed by atoms with Crippen LogP contribution in [0.1, 0.15) is 31.0 Å². The third-order valence-electron chi connectivity index (χ3n) is 4.17. The SMILES string of the molecule is C/C(=N/OCC(=O)NC(C)c1ccc2ccccc2c1)c1cnn(C)c1. The third kappa shape index (κ3) is 4.27. The van der Waals surface area contributed by atoms with Gasteiger partial charge in [-0.1, -0.05) is 41.6 Å². The molecule has 0 aliphatic carbocycles. The van der Waals surface area contributed by atoms with E-state index in [1.807, 2.05) is 45.3 Å². The van der Waals surface area contributed by atoms with Gasteiger partial charge in [0.15, 0.2) is 6.61 Å². The van der Waals surface area contributed by atoms with E-state index in [1.165, 1.54) is 5.39 Å². The van der Waals surface area contributed by atoms with Crippen LogP contribution < -0.4 is 5.32 Å². The van der Waals surface area contributed by atoms with Gasteiger partial charge in [0.1, 0.15) is 0 Å².